The van der Waals surface area contributed by atoms with Gasteiger partial charge in [0.1, 0.15) is 23.3 Å². The van der Waals surface area contributed by atoms with E-state index in [9.17, 15) is 4.79 Å². The van der Waals surface area contributed by atoms with Crippen LogP contribution >= 0.6 is 0 Å². The van der Waals surface area contributed by atoms with Crippen LogP contribution in [-0.4, -0.2) is 26.3 Å². The van der Waals surface area contributed by atoms with Crippen molar-refractivity contribution in [2.75, 3.05) is 0 Å². The molecule has 0 fully saturated rings. The molecule has 2 atom stereocenters. The van der Waals surface area contributed by atoms with Gasteiger partial charge in [-0.05, 0) is 50.8 Å². The number of amides is 1. The van der Waals surface area contributed by atoms with Crippen LogP contribution in [0.5, 0.6) is 5.75 Å². The van der Waals surface area contributed by atoms with Crippen LogP contribution in [0.3, 0.4) is 0 Å². The summed E-state index contributed by atoms with van der Waals surface area (Å²) in [6, 6.07) is 11.9. The molecule has 3 aromatic rings. The number of rotatable bonds is 4. The minimum absolute atomic E-state index is 0.0946. The normalized spacial score (nSPS) is 18.6. The van der Waals surface area contributed by atoms with Crippen molar-refractivity contribution in [3.8, 4) is 5.75 Å². The molecule has 0 saturated carbocycles. The number of ether oxygens (including phenoxy) is 2. The number of pyridine rings is 1. The van der Waals surface area contributed by atoms with Crippen molar-refractivity contribution in [3.05, 3.63) is 59.5 Å². The van der Waals surface area contributed by atoms with Gasteiger partial charge in [-0.3, -0.25) is 4.40 Å². The maximum absolute atomic E-state index is 12.3. The number of carbonyl (C=O) groups is 1. The van der Waals surface area contributed by atoms with Crippen LogP contribution in [0.1, 0.15) is 82.5 Å². The summed E-state index contributed by atoms with van der Waals surface area (Å²) in [5.41, 5.74) is 2.39. The van der Waals surface area contributed by atoms with Gasteiger partial charge in [0, 0.05) is 18.2 Å². The van der Waals surface area contributed by atoms with Crippen molar-refractivity contribution < 1.29 is 14.3 Å². The Hall–Kier alpha value is -3.09. The topological polar surface area (TPSA) is 77.8 Å². The number of aromatic nitrogens is 3. The van der Waals surface area contributed by atoms with Crippen LogP contribution in [0.15, 0.2) is 42.6 Å². The number of nitrogens with one attached hydrogen (secondary N) is 1. The van der Waals surface area contributed by atoms with Crippen LogP contribution < -0.4 is 10.1 Å². The Balaban J connectivity index is 1.53. The van der Waals surface area contributed by atoms with Crippen LogP contribution in [0.2, 0.25) is 0 Å². The van der Waals surface area contributed by atoms with Gasteiger partial charge in [0.2, 0.25) is 0 Å². The molecule has 0 bridgehead atoms. The standard InChI is InChI=1S/C24H30N4O3/c1-15(2)22-27-26-21-14-16(12-13-28(21)22)30-20-11-10-19(17-8-6-7-9-18(17)20)25-23(29)31-24(3,4)5/h6-9,12-15,19-20H,10-11H2,1-5H3,(H,25,29)/t19-,20+/m0/s1. The minimum Gasteiger partial charge on any atom is -0.486 e. The van der Waals surface area contributed by atoms with E-state index in [1.807, 2.05) is 61.7 Å². The van der Waals surface area contributed by atoms with E-state index in [1.54, 1.807) is 0 Å². The fourth-order valence-corrected chi connectivity index (χ4v) is 3.99. The summed E-state index contributed by atoms with van der Waals surface area (Å²) >= 11 is 0. The lowest BCUT2D eigenvalue weighted by molar-refractivity contribution is 0.0489. The summed E-state index contributed by atoms with van der Waals surface area (Å²) in [5.74, 6) is 1.98. The molecule has 1 aromatic carbocycles. The predicted molar refractivity (Wildman–Crippen MR) is 118 cm³/mol. The SMILES string of the molecule is CC(C)c1nnc2cc(O[C@@H]3CC[C@H](NC(=O)OC(C)(C)C)c4ccccc43)ccn12. The number of alkyl carbamates (subject to hydrolysis) is 1. The monoisotopic (exact) mass is 422 g/mol. The summed E-state index contributed by atoms with van der Waals surface area (Å²) in [4.78, 5) is 12.3. The van der Waals surface area contributed by atoms with E-state index < -0.39 is 11.7 Å². The van der Waals surface area contributed by atoms with Crippen molar-refractivity contribution in [2.45, 2.75) is 71.1 Å². The Kier molecular flexibility index (Phi) is 5.60. The summed E-state index contributed by atoms with van der Waals surface area (Å²) in [5, 5.41) is 11.6. The Morgan fingerprint density at radius 3 is 2.58 bits per heavy atom. The van der Waals surface area contributed by atoms with E-state index >= 15 is 0 Å². The molecule has 0 aliphatic heterocycles. The third-order valence-electron chi connectivity index (χ3n) is 5.33. The van der Waals surface area contributed by atoms with Crippen LogP contribution in [-0.2, 0) is 4.74 Å². The quantitative estimate of drug-likeness (QED) is 0.615. The Morgan fingerprint density at radius 2 is 1.87 bits per heavy atom. The molecular formula is C24H30N4O3. The van der Waals surface area contributed by atoms with Crippen molar-refractivity contribution in [1.82, 2.24) is 19.9 Å². The molecule has 1 N–H and O–H groups in total. The zero-order chi connectivity index (χ0) is 22.2. The van der Waals surface area contributed by atoms with Gasteiger partial charge >= 0.3 is 6.09 Å². The summed E-state index contributed by atoms with van der Waals surface area (Å²) < 4.78 is 13.8. The average molecular weight is 423 g/mol. The van der Waals surface area contributed by atoms with E-state index in [-0.39, 0.29) is 12.1 Å². The van der Waals surface area contributed by atoms with Gasteiger partial charge in [-0.2, -0.15) is 0 Å². The molecular weight excluding hydrogens is 392 g/mol. The summed E-state index contributed by atoms with van der Waals surface area (Å²) in [7, 11) is 0. The van der Waals surface area contributed by atoms with Crippen molar-refractivity contribution in [3.63, 3.8) is 0 Å². The highest BCUT2D eigenvalue weighted by molar-refractivity contribution is 5.68. The molecule has 1 aliphatic carbocycles. The molecule has 0 radical (unpaired) electrons. The lowest BCUT2D eigenvalue weighted by Gasteiger charge is -2.32. The van der Waals surface area contributed by atoms with Gasteiger partial charge in [0.05, 0.1) is 6.04 Å². The third kappa shape index (κ3) is 4.65. The number of hydrogen-bond donors (Lipinski definition) is 1. The highest BCUT2D eigenvalue weighted by Crippen LogP contribution is 2.39. The van der Waals surface area contributed by atoms with Crippen LogP contribution in [0.4, 0.5) is 4.79 Å². The zero-order valence-corrected chi connectivity index (χ0v) is 18.8. The molecule has 0 saturated heterocycles. The number of hydrogen-bond acceptors (Lipinski definition) is 5. The molecule has 7 heteroatoms. The van der Waals surface area contributed by atoms with Gasteiger partial charge in [0.15, 0.2) is 5.65 Å². The van der Waals surface area contributed by atoms with Gasteiger partial charge in [0.25, 0.3) is 0 Å². The largest absolute Gasteiger partial charge is 0.486 e. The second kappa shape index (κ2) is 8.21. The van der Waals surface area contributed by atoms with Crippen molar-refractivity contribution in [1.29, 1.82) is 0 Å². The first-order valence-electron chi connectivity index (χ1n) is 10.8. The van der Waals surface area contributed by atoms with Gasteiger partial charge in [-0.1, -0.05) is 38.1 Å². The van der Waals surface area contributed by atoms with E-state index in [2.05, 4.69) is 35.4 Å². The molecule has 0 unspecified atom stereocenters. The highest BCUT2D eigenvalue weighted by atomic mass is 16.6. The van der Waals surface area contributed by atoms with Crippen molar-refractivity contribution in [2.24, 2.45) is 0 Å². The van der Waals surface area contributed by atoms with E-state index in [4.69, 9.17) is 9.47 Å². The minimum atomic E-state index is -0.528. The molecule has 0 spiro atoms. The fourth-order valence-electron chi connectivity index (χ4n) is 3.99. The second-order valence-electron chi connectivity index (χ2n) is 9.32. The first kappa shape index (κ1) is 21.2. The number of carbonyl (C=O) groups excluding carboxylic acids is 1. The first-order chi connectivity index (χ1) is 14.7. The molecule has 31 heavy (non-hydrogen) atoms. The van der Waals surface area contributed by atoms with Gasteiger partial charge in [-0.25, -0.2) is 4.79 Å². The molecule has 2 aromatic heterocycles. The van der Waals surface area contributed by atoms with Gasteiger partial charge < -0.3 is 14.8 Å². The molecule has 164 valence electrons. The number of nitrogens with zero attached hydrogens (tertiary/aromatic N) is 3. The smallest absolute Gasteiger partial charge is 0.408 e. The first-order valence-corrected chi connectivity index (χ1v) is 10.8. The average Bonchev–Trinajstić information content (AvgIpc) is 3.12. The molecule has 7 nitrogen and oxygen atoms in total. The van der Waals surface area contributed by atoms with Crippen molar-refractivity contribution >= 4 is 11.7 Å². The Bertz CT molecular complexity index is 1080. The van der Waals surface area contributed by atoms with E-state index in [0.29, 0.717) is 5.92 Å². The highest BCUT2D eigenvalue weighted by Gasteiger charge is 2.30. The molecule has 1 amide bonds. The van der Waals surface area contributed by atoms with E-state index in [1.165, 1.54) is 0 Å². The lowest BCUT2D eigenvalue weighted by atomic mass is 9.85. The molecule has 1 aliphatic rings. The summed E-state index contributed by atoms with van der Waals surface area (Å²) in [6.07, 6.45) is 3.02. The molecule has 2 heterocycles. The Morgan fingerprint density at radius 1 is 1.13 bits per heavy atom. The lowest BCUT2D eigenvalue weighted by Crippen LogP contribution is -2.37. The molecule has 4 rings (SSSR count). The maximum atomic E-state index is 12.3. The predicted octanol–water partition coefficient (Wildman–Crippen LogP) is 5.33. The fraction of sp³-hybridized carbons (Fsp3) is 0.458. The Labute approximate surface area is 182 Å². The van der Waals surface area contributed by atoms with Crippen LogP contribution in [0.25, 0.3) is 5.65 Å². The summed E-state index contributed by atoms with van der Waals surface area (Å²) in [6.45, 7) is 9.79. The van der Waals surface area contributed by atoms with Gasteiger partial charge in [-0.15, -0.1) is 10.2 Å². The third-order valence-corrected chi connectivity index (χ3v) is 5.33. The van der Waals surface area contributed by atoms with E-state index in [0.717, 1.165) is 41.2 Å². The number of fused-ring (bicyclic) bond motifs is 2. The number of benzene rings is 1. The second-order valence-corrected chi connectivity index (χ2v) is 9.32. The zero-order valence-electron chi connectivity index (χ0n) is 18.8. The maximum Gasteiger partial charge on any atom is 0.408 e. The van der Waals surface area contributed by atoms with Crippen LogP contribution in [0, 0.1) is 0 Å².